The van der Waals surface area contributed by atoms with Crippen molar-refractivity contribution in [2.24, 2.45) is 0 Å². The van der Waals surface area contributed by atoms with Gasteiger partial charge < -0.3 is 0 Å². The Morgan fingerprint density at radius 2 is 1.94 bits per heavy atom. The van der Waals surface area contributed by atoms with Gasteiger partial charge in [-0.1, -0.05) is 30.3 Å². The van der Waals surface area contributed by atoms with Crippen LogP contribution in [-0.4, -0.2) is 11.5 Å². The maximum Gasteiger partial charge on any atom is 0.182 e. The van der Waals surface area contributed by atoms with Gasteiger partial charge in [-0.2, -0.15) is 0 Å². The molecule has 17 heavy (non-hydrogen) atoms. The Morgan fingerprint density at radius 3 is 2.59 bits per heavy atom. The molecule has 1 aromatic carbocycles. The Balaban J connectivity index is 1.81. The Hall–Kier alpha value is -0.580. The topological polar surface area (TPSA) is 17.1 Å². The average molecular weight is 327 g/mol. The third-order valence-corrected chi connectivity index (χ3v) is 4.86. The minimum absolute atomic E-state index is 0.210. The van der Waals surface area contributed by atoms with Crippen LogP contribution in [0.3, 0.4) is 0 Å². The molecular formula is C13H11BrOS2. The summed E-state index contributed by atoms with van der Waals surface area (Å²) in [6.07, 6.45) is 0. The number of benzene rings is 1. The third-order valence-electron chi connectivity index (χ3n) is 2.19. The van der Waals surface area contributed by atoms with Gasteiger partial charge in [-0.3, -0.25) is 4.79 Å². The summed E-state index contributed by atoms with van der Waals surface area (Å²) in [6, 6.07) is 14.0. The molecule has 2 rings (SSSR count). The van der Waals surface area contributed by atoms with Gasteiger partial charge in [-0.05, 0) is 33.6 Å². The van der Waals surface area contributed by atoms with Crippen molar-refractivity contribution in [3.63, 3.8) is 0 Å². The molecule has 0 saturated carbocycles. The number of halogens is 1. The minimum atomic E-state index is 0.210. The predicted octanol–water partition coefficient (Wildman–Crippen LogP) is 4.63. The molecule has 0 aliphatic heterocycles. The van der Waals surface area contributed by atoms with Crippen LogP contribution < -0.4 is 0 Å². The summed E-state index contributed by atoms with van der Waals surface area (Å²) in [5.41, 5.74) is 1.26. The van der Waals surface area contributed by atoms with E-state index in [0.717, 1.165) is 14.4 Å². The number of thiophene rings is 1. The second kappa shape index (κ2) is 6.38. The lowest BCUT2D eigenvalue weighted by Crippen LogP contribution is -1.99. The van der Waals surface area contributed by atoms with Gasteiger partial charge in [0.05, 0.1) is 14.4 Å². The van der Waals surface area contributed by atoms with Crippen LogP contribution in [-0.2, 0) is 5.75 Å². The fourth-order valence-corrected chi connectivity index (χ4v) is 3.66. The van der Waals surface area contributed by atoms with Gasteiger partial charge in [0.25, 0.3) is 0 Å². The van der Waals surface area contributed by atoms with Gasteiger partial charge in [0.15, 0.2) is 5.78 Å². The molecule has 0 N–H and O–H groups in total. The molecule has 4 heteroatoms. The largest absolute Gasteiger partial charge is 0.292 e. The molecule has 0 aliphatic rings. The molecule has 1 heterocycles. The highest BCUT2D eigenvalue weighted by Gasteiger charge is 2.08. The Labute approximate surface area is 117 Å². The van der Waals surface area contributed by atoms with E-state index >= 15 is 0 Å². The van der Waals surface area contributed by atoms with E-state index in [2.05, 4.69) is 28.1 Å². The fraction of sp³-hybridized carbons (Fsp3) is 0.154. The summed E-state index contributed by atoms with van der Waals surface area (Å²) in [4.78, 5) is 12.6. The standard InChI is InChI=1S/C13H11BrOS2/c14-13-7-6-12(17-13)11(15)9-16-8-10-4-2-1-3-5-10/h1-7H,8-9H2. The van der Waals surface area contributed by atoms with E-state index in [-0.39, 0.29) is 5.78 Å². The Kier molecular flexibility index (Phi) is 4.83. The van der Waals surface area contributed by atoms with Crippen molar-refractivity contribution in [1.29, 1.82) is 0 Å². The van der Waals surface area contributed by atoms with Gasteiger partial charge in [0.2, 0.25) is 0 Å². The lowest BCUT2D eigenvalue weighted by molar-refractivity contribution is 0.102. The van der Waals surface area contributed by atoms with Gasteiger partial charge in [-0.15, -0.1) is 23.1 Å². The fourth-order valence-electron chi connectivity index (χ4n) is 1.37. The molecule has 2 aromatic rings. The van der Waals surface area contributed by atoms with E-state index in [4.69, 9.17) is 0 Å². The van der Waals surface area contributed by atoms with Crippen LogP contribution in [0, 0.1) is 0 Å². The smallest absolute Gasteiger partial charge is 0.182 e. The molecule has 0 unspecified atom stereocenters. The van der Waals surface area contributed by atoms with Crippen molar-refractivity contribution in [2.75, 3.05) is 5.75 Å². The summed E-state index contributed by atoms with van der Waals surface area (Å²) >= 11 is 6.52. The lowest BCUT2D eigenvalue weighted by atomic mass is 10.2. The SMILES string of the molecule is O=C(CSCc1ccccc1)c1ccc(Br)s1. The lowest BCUT2D eigenvalue weighted by Gasteiger charge is -2.00. The number of rotatable bonds is 5. The highest BCUT2D eigenvalue weighted by Crippen LogP contribution is 2.24. The van der Waals surface area contributed by atoms with Crippen molar-refractivity contribution >= 4 is 44.8 Å². The van der Waals surface area contributed by atoms with Crippen molar-refractivity contribution in [2.45, 2.75) is 5.75 Å². The van der Waals surface area contributed by atoms with E-state index in [1.807, 2.05) is 30.3 Å². The molecule has 0 amide bonds. The van der Waals surface area contributed by atoms with Crippen molar-refractivity contribution in [3.8, 4) is 0 Å². The zero-order valence-electron chi connectivity index (χ0n) is 9.06. The predicted molar refractivity (Wildman–Crippen MR) is 79.0 cm³/mol. The molecule has 0 fully saturated rings. The first-order valence-corrected chi connectivity index (χ1v) is 7.92. The first-order chi connectivity index (χ1) is 8.25. The zero-order valence-corrected chi connectivity index (χ0v) is 12.3. The number of Topliss-reactive ketones (excluding diaryl/α,β-unsaturated/α-hetero) is 1. The molecular weight excluding hydrogens is 316 g/mol. The van der Waals surface area contributed by atoms with Crippen LogP contribution in [0.15, 0.2) is 46.3 Å². The highest BCUT2D eigenvalue weighted by molar-refractivity contribution is 9.11. The highest BCUT2D eigenvalue weighted by atomic mass is 79.9. The molecule has 0 bridgehead atoms. The first kappa shape index (κ1) is 12.9. The number of carbonyl (C=O) groups excluding carboxylic acids is 1. The summed E-state index contributed by atoms with van der Waals surface area (Å²) in [5, 5.41) is 0. The number of thioether (sulfide) groups is 1. The van der Waals surface area contributed by atoms with Crippen LogP contribution >= 0.6 is 39.0 Å². The molecule has 0 atom stereocenters. The third kappa shape index (κ3) is 3.98. The van der Waals surface area contributed by atoms with Gasteiger partial charge >= 0.3 is 0 Å². The summed E-state index contributed by atoms with van der Waals surface area (Å²) in [6.45, 7) is 0. The first-order valence-electron chi connectivity index (χ1n) is 5.16. The normalized spacial score (nSPS) is 10.4. The Bertz CT molecular complexity index is 493. The van der Waals surface area contributed by atoms with Gasteiger partial charge in [0.1, 0.15) is 0 Å². The molecule has 1 aromatic heterocycles. The second-order valence-corrected chi connectivity index (χ2v) is 6.95. The van der Waals surface area contributed by atoms with E-state index in [1.54, 1.807) is 11.8 Å². The van der Waals surface area contributed by atoms with Crippen LogP contribution in [0.1, 0.15) is 15.2 Å². The molecule has 0 saturated heterocycles. The van der Waals surface area contributed by atoms with Crippen LogP contribution in [0.5, 0.6) is 0 Å². The number of hydrogen-bond acceptors (Lipinski definition) is 3. The summed E-state index contributed by atoms with van der Waals surface area (Å²) in [7, 11) is 0. The van der Waals surface area contributed by atoms with E-state index < -0.39 is 0 Å². The molecule has 88 valence electrons. The van der Waals surface area contributed by atoms with Crippen molar-refractivity contribution in [1.82, 2.24) is 0 Å². The number of ketones is 1. The van der Waals surface area contributed by atoms with Crippen LogP contribution in [0.4, 0.5) is 0 Å². The zero-order chi connectivity index (χ0) is 12.1. The minimum Gasteiger partial charge on any atom is -0.292 e. The molecule has 0 radical (unpaired) electrons. The maximum absolute atomic E-state index is 11.8. The molecule has 0 aliphatic carbocycles. The molecule has 1 nitrogen and oxygen atoms in total. The van der Waals surface area contributed by atoms with Crippen molar-refractivity contribution in [3.05, 3.63) is 56.7 Å². The van der Waals surface area contributed by atoms with Crippen LogP contribution in [0.25, 0.3) is 0 Å². The summed E-state index contributed by atoms with van der Waals surface area (Å²) < 4.78 is 1.01. The monoisotopic (exact) mass is 326 g/mol. The maximum atomic E-state index is 11.8. The quantitative estimate of drug-likeness (QED) is 0.745. The summed E-state index contributed by atoms with van der Waals surface area (Å²) in [5.74, 6) is 1.64. The van der Waals surface area contributed by atoms with Gasteiger partial charge in [-0.25, -0.2) is 0 Å². The van der Waals surface area contributed by atoms with Gasteiger partial charge in [0, 0.05) is 5.75 Å². The van der Waals surface area contributed by atoms with E-state index in [1.165, 1.54) is 16.9 Å². The second-order valence-electron chi connectivity index (χ2n) is 3.51. The molecule has 0 spiro atoms. The van der Waals surface area contributed by atoms with E-state index in [0.29, 0.717) is 5.75 Å². The number of hydrogen-bond donors (Lipinski definition) is 0. The van der Waals surface area contributed by atoms with Crippen molar-refractivity contribution < 1.29 is 4.79 Å². The average Bonchev–Trinajstić information content (AvgIpc) is 2.77. The van der Waals surface area contributed by atoms with Crippen LogP contribution in [0.2, 0.25) is 0 Å². The van der Waals surface area contributed by atoms with E-state index in [9.17, 15) is 4.79 Å². The Morgan fingerprint density at radius 1 is 1.18 bits per heavy atom. The number of carbonyl (C=O) groups is 1.